The molecule has 0 saturated carbocycles. The van der Waals surface area contributed by atoms with E-state index >= 15 is 0 Å². The minimum Gasteiger partial charge on any atom is -0.212 e. The first-order valence-electron chi connectivity index (χ1n) is 7.34. The molecule has 22 heavy (non-hydrogen) atoms. The lowest BCUT2D eigenvalue weighted by atomic mass is 9.78. The topological polar surface area (TPSA) is 11.3 Å². The van der Waals surface area contributed by atoms with Crippen LogP contribution in [0.4, 0.5) is 0 Å². The third kappa shape index (κ3) is 2.60. The van der Waals surface area contributed by atoms with Crippen molar-refractivity contribution < 1.29 is 4.42 Å². The summed E-state index contributed by atoms with van der Waals surface area (Å²) in [5.74, 6) is 1.54. The molecule has 1 atom stereocenters. The predicted octanol–water partition coefficient (Wildman–Crippen LogP) is 7.58. The van der Waals surface area contributed by atoms with Gasteiger partial charge in [0.25, 0.3) is 0 Å². The van der Waals surface area contributed by atoms with Crippen molar-refractivity contribution in [3.63, 3.8) is 0 Å². The first-order valence-corrected chi connectivity index (χ1v) is 8.85. The molecule has 0 spiro atoms. The molecule has 1 heterocycles. The zero-order chi connectivity index (χ0) is 16.2. The summed E-state index contributed by atoms with van der Waals surface area (Å²) in [7, 11) is 0. The van der Waals surface area contributed by atoms with Crippen LogP contribution in [0.1, 0.15) is 44.9 Å². The van der Waals surface area contributed by atoms with Crippen molar-refractivity contribution >= 4 is 57.4 Å². The van der Waals surface area contributed by atoms with Gasteiger partial charge in [0.1, 0.15) is 5.39 Å². The normalized spacial score (nSPS) is 20.8. The Balaban J connectivity index is 2.40. The highest BCUT2D eigenvalue weighted by atomic mass is 35.5. The molecule has 5 heteroatoms. The number of aryl methyl sites for hydroxylation is 1. The molecule has 1 unspecified atom stereocenters. The van der Waals surface area contributed by atoms with Crippen molar-refractivity contribution in [3.8, 4) is 0 Å². The number of rotatable bonds is 0. The third-order valence-corrected chi connectivity index (χ3v) is 6.12. The van der Waals surface area contributed by atoms with Crippen LogP contribution in [0.15, 0.2) is 10.5 Å². The first kappa shape index (κ1) is 16.6. The summed E-state index contributed by atoms with van der Waals surface area (Å²) in [4.78, 5) is 0. The fraction of sp³-hybridized carbons (Fsp3) is 0.471. The van der Waals surface area contributed by atoms with E-state index in [4.69, 9.17) is 50.8 Å². The third-order valence-electron chi connectivity index (χ3n) is 4.48. The summed E-state index contributed by atoms with van der Waals surface area (Å²) in [5, 5.41) is 2.33. The smallest absolute Gasteiger partial charge is 0.212 e. The second-order valence-corrected chi connectivity index (χ2v) is 8.35. The maximum Gasteiger partial charge on any atom is 0.364 e. The fourth-order valence-electron chi connectivity index (χ4n) is 3.59. The minimum absolute atomic E-state index is 0.0739. The summed E-state index contributed by atoms with van der Waals surface area (Å²) < 4.78 is 6.13. The average molecular weight is 379 g/mol. The van der Waals surface area contributed by atoms with Gasteiger partial charge in [0.2, 0.25) is 0 Å². The molecule has 1 aliphatic carbocycles. The fourth-order valence-corrected chi connectivity index (χ4v) is 4.87. The molecule has 118 valence electrons. The summed E-state index contributed by atoms with van der Waals surface area (Å²) in [6.07, 6.45) is 3.00. The van der Waals surface area contributed by atoms with E-state index in [0.717, 1.165) is 30.6 Å². The van der Waals surface area contributed by atoms with Crippen LogP contribution in [-0.4, -0.2) is 0 Å². The number of fused-ring (bicyclic) bond motifs is 2. The SMILES string of the molecule is CC1CCc2[o+]c3cc(Cl)c(Cl)c(Cl)c3c(Cl)c2C(C)(C)C1. The average Bonchev–Trinajstić information content (AvgIpc) is 2.51. The lowest BCUT2D eigenvalue weighted by molar-refractivity contribution is 0.381. The zero-order valence-corrected chi connectivity index (χ0v) is 15.7. The molecule has 1 nitrogen and oxygen atoms in total. The van der Waals surface area contributed by atoms with E-state index in [0.29, 0.717) is 37.0 Å². The maximum atomic E-state index is 6.75. The quantitative estimate of drug-likeness (QED) is 0.261. The van der Waals surface area contributed by atoms with Crippen molar-refractivity contribution in [2.24, 2.45) is 5.92 Å². The van der Waals surface area contributed by atoms with Crippen LogP contribution in [0.3, 0.4) is 0 Å². The second kappa shape index (κ2) is 5.70. The Morgan fingerprint density at radius 2 is 1.77 bits per heavy atom. The van der Waals surface area contributed by atoms with E-state index in [1.54, 1.807) is 6.07 Å². The van der Waals surface area contributed by atoms with Gasteiger partial charge in [0.15, 0.2) is 0 Å². The van der Waals surface area contributed by atoms with Gasteiger partial charge in [0, 0.05) is 5.41 Å². The van der Waals surface area contributed by atoms with Crippen LogP contribution < -0.4 is 0 Å². The van der Waals surface area contributed by atoms with Gasteiger partial charge in [-0.1, -0.05) is 67.2 Å². The largest absolute Gasteiger partial charge is 0.364 e. The van der Waals surface area contributed by atoms with Crippen molar-refractivity contribution in [2.45, 2.75) is 45.4 Å². The molecule has 1 aliphatic rings. The number of benzene rings is 1. The van der Waals surface area contributed by atoms with Crippen LogP contribution in [-0.2, 0) is 11.8 Å². The number of halogens is 4. The molecule has 0 bridgehead atoms. The van der Waals surface area contributed by atoms with Gasteiger partial charge < -0.3 is 0 Å². The Morgan fingerprint density at radius 1 is 1.09 bits per heavy atom. The molecule has 1 aromatic carbocycles. The van der Waals surface area contributed by atoms with Gasteiger partial charge in [-0.05, 0) is 18.8 Å². The van der Waals surface area contributed by atoms with E-state index < -0.39 is 0 Å². The second-order valence-electron chi connectivity index (χ2n) is 6.81. The van der Waals surface area contributed by atoms with Crippen molar-refractivity contribution in [2.75, 3.05) is 0 Å². The Morgan fingerprint density at radius 3 is 2.45 bits per heavy atom. The summed E-state index contributed by atoms with van der Waals surface area (Å²) >= 11 is 25.4. The molecule has 2 aromatic rings. The summed E-state index contributed by atoms with van der Waals surface area (Å²) in [6.45, 7) is 6.67. The highest BCUT2D eigenvalue weighted by Crippen LogP contribution is 2.48. The molecule has 0 radical (unpaired) electrons. The standard InChI is InChI=1S/C17H17Cl4O/c1-8-4-5-10-13(17(2,3)7-8)15(20)12-11(22-10)6-9(18)14(19)16(12)21/h6,8H,4-5,7H2,1-3H3/q+1. The highest BCUT2D eigenvalue weighted by Gasteiger charge is 2.39. The van der Waals surface area contributed by atoms with Crippen LogP contribution >= 0.6 is 46.4 Å². The van der Waals surface area contributed by atoms with Crippen molar-refractivity contribution in [1.29, 1.82) is 0 Å². The van der Waals surface area contributed by atoms with E-state index in [9.17, 15) is 0 Å². The molecular formula is C17H17Cl4O+. The van der Waals surface area contributed by atoms with Gasteiger partial charge in [-0.15, -0.1) is 0 Å². The molecule has 0 N–H and O–H groups in total. The molecule has 0 amide bonds. The van der Waals surface area contributed by atoms with Gasteiger partial charge in [-0.25, -0.2) is 4.42 Å². The van der Waals surface area contributed by atoms with Gasteiger partial charge in [0.05, 0.1) is 38.1 Å². The summed E-state index contributed by atoms with van der Waals surface area (Å²) in [6, 6.07) is 1.69. The van der Waals surface area contributed by atoms with E-state index in [1.807, 2.05) is 0 Å². The lowest BCUT2D eigenvalue weighted by Gasteiger charge is -2.25. The van der Waals surface area contributed by atoms with E-state index in [2.05, 4.69) is 20.8 Å². The van der Waals surface area contributed by atoms with Crippen molar-refractivity contribution in [1.82, 2.24) is 0 Å². The Hall–Kier alpha value is -0.210. The van der Waals surface area contributed by atoms with Crippen molar-refractivity contribution in [3.05, 3.63) is 37.5 Å². The van der Waals surface area contributed by atoms with Gasteiger partial charge in [-0.2, -0.15) is 0 Å². The molecule has 0 fully saturated rings. The predicted molar refractivity (Wildman–Crippen MR) is 95.8 cm³/mol. The molecule has 0 aliphatic heterocycles. The zero-order valence-electron chi connectivity index (χ0n) is 12.7. The van der Waals surface area contributed by atoms with E-state index in [1.165, 1.54) is 0 Å². The molecule has 0 saturated heterocycles. The van der Waals surface area contributed by atoms with Gasteiger partial charge in [-0.3, -0.25) is 0 Å². The van der Waals surface area contributed by atoms with Gasteiger partial charge >= 0.3 is 11.3 Å². The summed E-state index contributed by atoms with van der Waals surface area (Å²) in [5.41, 5.74) is 1.56. The Bertz CT molecular complexity index is 767. The molecule has 1 aromatic heterocycles. The number of hydrogen-bond acceptors (Lipinski definition) is 0. The van der Waals surface area contributed by atoms with Crippen LogP contribution in [0.5, 0.6) is 0 Å². The minimum atomic E-state index is -0.0739. The maximum absolute atomic E-state index is 6.75. The lowest BCUT2D eigenvalue weighted by Crippen LogP contribution is -2.20. The van der Waals surface area contributed by atoms with E-state index in [-0.39, 0.29) is 5.41 Å². The first-order chi connectivity index (χ1) is 10.2. The number of hydrogen-bond donors (Lipinski definition) is 0. The Kier molecular flexibility index (Phi) is 4.31. The Labute approximate surface area is 150 Å². The van der Waals surface area contributed by atoms with Crippen LogP contribution in [0.25, 0.3) is 11.0 Å². The molecular weight excluding hydrogens is 362 g/mol. The van der Waals surface area contributed by atoms with Crippen LogP contribution in [0.2, 0.25) is 20.1 Å². The molecule has 3 rings (SSSR count). The van der Waals surface area contributed by atoms with Crippen LogP contribution in [0, 0.1) is 5.92 Å². The highest BCUT2D eigenvalue weighted by molar-refractivity contribution is 6.52. The monoisotopic (exact) mass is 377 g/mol.